The zero-order chi connectivity index (χ0) is 10.7. The van der Waals surface area contributed by atoms with E-state index in [0.717, 1.165) is 22.6 Å². The maximum Gasteiger partial charge on any atom is 0.280 e. The predicted molar refractivity (Wildman–Crippen MR) is 60.5 cm³/mol. The number of amides is 1. The lowest BCUT2D eigenvalue weighted by atomic mass is 10.1. The van der Waals surface area contributed by atoms with Gasteiger partial charge in [-0.2, -0.15) is 0 Å². The highest BCUT2D eigenvalue weighted by Crippen LogP contribution is 2.26. The fourth-order valence-electron chi connectivity index (χ4n) is 1.47. The van der Waals surface area contributed by atoms with Crippen LogP contribution in [0.5, 0.6) is 5.75 Å². The van der Waals surface area contributed by atoms with Crippen LogP contribution in [-0.2, 0) is 0 Å². The molecular formula is C10H13NO2S. The van der Waals surface area contributed by atoms with Crippen molar-refractivity contribution in [3.8, 4) is 5.75 Å². The number of hydrogen-bond donors (Lipinski definition) is 2. The molecule has 0 radical (unpaired) electrons. The molecule has 0 aliphatic heterocycles. The van der Waals surface area contributed by atoms with Crippen molar-refractivity contribution in [1.29, 1.82) is 0 Å². The first kappa shape index (κ1) is 10.9. The number of carbonyl (C=O) groups is 1. The molecule has 4 heteroatoms. The molecule has 3 nitrogen and oxygen atoms in total. The number of anilines is 1. The van der Waals surface area contributed by atoms with Gasteiger partial charge < -0.3 is 10.1 Å². The highest BCUT2D eigenvalue weighted by atomic mass is 32.1. The van der Waals surface area contributed by atoms with E-state index in [0.29, 0.717) is 0 Å². The maximum absolute atomic E-state index is 10.7. The molecule has 1 amide bonds. The number of benzene rings is 1. The summed E-state index contributed by atoms with van der Waals surface area (Å²) >= 11 is 3.65. The molecule has 0 saturated carbocycles. The third kappa shape index (κ3) is 2.42. The maximum atomic E-state index is 10.7. The van der Waals surface area contributed by atoms with Gasteiger partial charge in [-0.1, -0.05) is 12.6 Å². The van der Waals surface area contributed by atoms with E-state index < -0.39 is 0 Å². The van der Waals surface area contributed by atoms with Crippen molar-refractivity contribution >= 4 is 23.6 Å². The van der Waals surface area contributed by atoms with E-state index in [1.54, 1.807) is 7.11 Å². The topological polar surface area (TPSA) is 38.3 Å². The summed E-state index contributed by atoms with van der Waals surface area (Å²) in [5.74, 6) is 0.849. The molecule has 0 atom stereocenters. The van der Waals surface area contributed by atoms with Gasteiger partial charge in [0, 0.05) is 5.69 Å². The Bertz CT molecular complexity index is 340. The molecule has 1 N–H and O–H groups in total. The second-order valence-corrected chi connectivity index (χ2v) is 3.48. The Morgan fingerprint density at radius 2 is 1.86 bits per heavy atom. The van der Waals surface area contributed by atoms with Crippen LogP contribution in [0.2, 0.25) is 0 Å². The molecule has 0 aromatic heterocycles. The zero-order valence-corrected chi connectivity index (χ0v) is 9.31. The second kappa shape index (κ2) is 4.37. The van der Waals surface area contributed by atoms with Crippen LogP contribution < -0.4 is 10.1 Å². The number of aryl methyl sites for hydroxylation is 2. The van der Waals surface area contributed by atoms with Gasteiger partial charge in [-0.05, 0) is 37.1 Å². The van der Waals surface area contributed by atoms with Crippen LogP contribution >= 0.6 is 12.6 Å². The van der Waals surface area contributed by atoms with Crippen LogP contribution in [0.3, 0.4) is 0 Å². The molecule has 0 aliphatic carbocycles. The quantitative estimate of drug-likeness (QED) is 0.738. The second-order valence-electron chi connectivity index (χ2n) is 3.07. The average molecular weight is 211 g/mol. The van der Waals surface area contributed by atoms with Crippen molar-refractivity contribution in [2.45, 2.75) is 13.8 Å². The molecule has 0 fully saturated rings. The molecular weight excluding hydrogens is 198 g/mol. The average Bonchev–Trinajstić information content (AvgIpc) is 2.01. The van der Waals surface area contributed by atoms with E-state index in [4.69, 9.17) is 4.74 Å². The Hall–Kier alpha value is -1.16. The lowest BCUT2D eigenvalue weighted by Crippen LogP contribution is -2.02. The summed E-state index contributed by atoms with van der Waals surface area (Å²) in [7, 11) is 1.63. The van der Waals surface area contributed by atoms with Gasteiger partial charge in [-0.3, -0.25) is 4.79 Å². The van der Waals surface area contributed by atoms with E-state index in [2.05, 4.69) is 17.9 Å². The Labute approximate surface area is 88.9 Å². The summed E-state index contributed by atoms with van der Waals surface area (Å²) in [5, 5.41) is 2.24. The predicted octanol–water partition coefficient (Wildman–Crippen LogP) is 2.77. The molecule has 0 bridgehead atoms. The van der Waals surface area contributed by atoms with Gasteiger partial charge >= 0.3 is 0 Å². The molecule has 0 aliphatic rings. The number of methoxy groups -OCH3 is 1. The molecule has 0 heterocycles. The molecule has 1 rings (SSSR count). The summed E-state index contributed by atoms with van der Waals surface area (Å²) in [6.07, 6.45) is 0. The largest absolute Gasteiger partial charge is 0.496 e. The lowest BCUT2D eigenvalue weighted by Gasteiger charge is -2.10. The van der Waals surface area contributed by atoms with Gasteiger partial charge in [-0.15, -0.1) is 0 Å². The number of thiol groups is 1. The molecule has 0 spiro atoms. The highest BCUT2D eigenvalue weighted by molar-refractivity contribution is 7.96. The van der Waals surface area contributed by atoms with Gasteiger partial charge in [-0.25, -0.2) is 0 Å². The van der Waals surface area contributed by atoms with Crippen LogP contribution in [-0.4, -0.2) is 12.3 Å². The standard InChI is InChI=1S/C10H13NO2S/c1-6-4-8(11-10(12)14)5-7(2)9(6)13-3/h4-5H,1-3H3,(H2,11,12,14). The lowest BCUT2D eigenvalue weighted by molar-refractivity contribution is 0.270. The first-order valence-electron chi connectivity index (χ1n) is 4.19. The number of carbonyl (C=O) groups excluding carboxylic acids is 1. The van der Waals surface area contributed by atoms with E-state index in [1.165, 1.54) is 0 Å². The first-order valence-corrected chi connectivity index (χ1v) is 4.64. The third-order valence-corrected chi connectivity index (χ3v) is 2.03. The fraction of sp³-hybridized carbons (Fsp3) is 0.300. The number of ether oxygens (including phenoxy) is 1. The van der Waals surface area contributed by atoms with Crippen LogP contribution in [0.15, 0.2) is 12.1 Å². The normalized spacial score (nSPS) is 9.71. The van der Waals surface area contributed by atoms with E-state index in [1.807, 2.05) is 26.0 Å². The Balaban J connectivity index is 3.07. The smallest absolute Gasteiger partial charge is 0.280 e. The minimum Gasteiger partial charge on any atom is -0.496 e. The summed E-state index contributed by atoms with van der Waals surface area (Å²) in [6.45, 7) is 3.86. The summed E-state index contributed by atoms with van der Waals surface area (Å²) in [6, 6.07) is 3.69. The number of rotatable bonds is 2. The molecule has 76 valence electrons. The third-order valence-electron chi connectivity index (χ3n) is 1.92. The number of nitrogens with one attached hydrogen (secondary N) is 1. The van der Waals surface area contributed by atoms with E-state index in [9.17, 15) is 4.79 Å². The van der Waals surface area contributed by atoms with E-state index >= 15 is 0 Å². The Kier molecular flexibility index (Phi) is 3.41. The number of hydrogen-bond acceptors (Lipinski definition) is 2. The molecule has 0 saturated heterocycles. The van der Waals surface area contributed by atoms with E-state index in [-0.39, 0.29) is 5.24 Å². The Morgan fingerprint density at radius 1 is 1.36 bits per heavy atom. The molecule has 14 heavy (non-hydrogen) atoms. The zero-order valence-electron chi connectivity index (χ0n) is 8.42. The molecule has 1 aromatic rings. The van der Waals surface area contributed by atoms with Crippen molar-refractivity contribution in [3.63, 3.8) is 0 Å². The summed E-state index contributed by atoms with van der Waals surface area (Å²) < 4.78 is 5.20. The van der Waals surface area contributed by atoms with Crippen LogP contribution in [0, 0.1) is 13.8 Å². The van der Waals surface area contributed by atoms with Crippen LogP contribution in [0.25, 0.3) is 0 Å². The van der Waals surface area contributed by atoms with Gasteiger partial charge in [0.2, 0.25) is 0 Å². The molecule has 0 unspecified atom stereocenters. The monoisotopic (exact) mass is 211 g/mol. The van der Waals surface area contributed by atoms with Crippen molar-refractivity contribution in [2.75, 3.05) is 12.4 Å². The minimum atomic E-state index is -0.367. The van der Waals surface area contributed by atoms with Crippen molar-refractivity contribution in [1.82, 2.24) is 0 Å². The minimum absolute atomic E-state index is 0.367. The van der Waals surface area contributed by atoms with Crippen molar-refractivity contribution < 1.29 is 9.53 Å². The van der Waals surface area contributed by atoms with Crippen molar-refractivity contribution in [3.05, 3.63) is 23.3 Å². The van der Waals surface area contributed by atoms with Gasteiger partial charge in [0.05, 0.1) is 7.11 Å². The highest BCUT2D eigenvalue weighted by Gasteiger charge is 2.05. The van der Waals surface area contributed by atoms with Gasteiger partial charge in [0.25, 0.3) is 5.24 Å². The van der Waals surface area contributed by atoms with Crippen LogP contribution in [0.1, 0.15) is 11.1 Å². The van der Waals surface area contributed by atoms with Gasteiger partial charge in [0.1, 0.15) is 5.75 Å². The molecule has 1 aromatic carbocycles. The SMILES string of the molecule is COc1c(C)cc(NC(=O)S)cc1C. The first-order chi connectivity index (χ1) is 6.54. The van der Waals surface area contributed by atoms with Gasteiger partial charge in [0.15, 0.2) is 0 Å². The summed E-state index contributed by atoms with van der Waals surface area (Å²) in [5.41, 5.74) is 2.72. The van der Waals surface area contributed by atoms with Crippen molar-refractivity contribution in [2.24, 2.45) is 0 Å². The summed E-state index contributed by atoms with van der Waals surface area (Å²) in [4.78, 5) is 10.7. The Morgan fingerprint density at radius 3 is 2.21 bits per heavy atom. The fourth-order valence-corrected chi connectivity index (χ4v) is 1.60. The van der Waals surface area contributed by atoms with Crippen LogP contribution in [0.4, 0.5) is 10.5 Å².